The van der Waals surface area contributed by atoms with Crippen LogP contribution in [0, 0.1) is 11.8 Å². The minimum absolute atomic E-state index is 0.0250. The maximum Gasteiger partial charge on any atom is 0.308 e. The minimum atomic E-state index is -1.21. The number of carbonyl (C=O) groups excluding carboxylic acids is 1. The summed E-state index contributed by atoms with van der Waals surface area (Å²) in [5.41, 5.74) is 0. The van der Waals surface area contributed by atoms with E-state index in [1.807, 2.05) is 6.92 Å². The fraction of sp³-hybridized carbons (Fsp3) is 0.909. The van der Waals surface area contributed by atoms with Gasteiger partial charge in [-0.25, -0.2) is 0 Å². The summed E-state index contributed by atoms with van der Waals surface area (Å²) in [5, 5.41) is 17.7. The molecule has 0 aromatic heterocycles. The van der Waals surface area contributed by atoms with Crippen LogP contribution in [0.5, 0.6) is 0 Å². The molecule has 1 saturated carbocycles. The van der Waals surface area contributed by atoms with Crippen molar-refractivity contribution in [2.75, 3.05) is 6.61 Å². The van der Waals surface area contributed by atoms with Gasteiger partial charge < -0.3 is 14.9 Å². The molecule has 4 heteroatoms. The number of hydrogen-bond donors (Lipinski definition) is 2. The summed E-state index contributed by atoms with van der Waals surface area (Å²) in [6, 6.07) is 0. The van der Waals surface area contributed by atoms with Gasteiger partial charge in [0.05, 0.1) is 12.5 Å². The Hall–Kier alpha value is -0.610. The van der Waals surface area contributed by atoms with Crippen LogP contribution in [0.3, 0.4) is 0 Å². The van der Waals surface area contributed by atoms with E-state index in [4.69, 9.17) is 14.9 Å². The third-order valence-corrected chi connectivity index (χ3v) is 3.01. The SMILES string of the molecule is CCOC(=O)C1CCC(CC(O)O)CC1. The third-order valence-electron chi connectivity index (χ3n) is 3.01. The zero-order valence-corrected chi connectivity index (χ0v) is 9.19. The molecule has 0 amide bonds. The predicted molar refractivity (Wildman–Crippen MR) is 54.9 cm³/mol. The monoisotopic (exact) mass is 216 g/mol. The summed E-state index contributed by atoms with van der Waals surface area (Å²) < 4.78 is 4.96. The van der Waals surface area contributed by atoms with Gasteiger partial charge in [0.15, 0.2) is 6.29 Å². The van der Waals surface area contributed by atoms with Gasteiger partial charge in [-0.2, -0.15) is 0 Å². The zero-order chi connectivity index (χ0) is 11.3. The van der Waals surface area contributed by atoms with Gasteiger partial charge in [-0.05, 0) is 38.5 Å². The Labute approximate surface area is 90.2 Å². The topological polar surface area (TPSA) is 66.8 Å². The van der Waals surface area contributed by atoms with Gasteiger partial charge in [0.25, 0.3) is 0 Å². The summed E-state index contributed by atoms with van der Waals surface area (Å²) in [4.78, 5) is 11.4. The lowest BCUT2D eigenvalue weighted by molar-refractivity contribution is -0.149. The van der Waals surface area contributed by atoms with E-state index in [0.29, 0.717) is 18.9 Å². The fourth-order valence-corrected chi connectivity index (χ4v) is 2.19. The molecule has 0 aliphatic heterocycles. The van der Waals surface area contributed by atoms with Crippen molar-refractivity contribution in [3.63, 3.8) is 0 Å². The molecule has 1 aliphatic carbocycles. The highest BCUT2D eigenvalue weighted by molar-refractivity contribution is 5.72. The standard InChI is InChI=1S/C11H20O4/c1-2-15-11(14)9-5-3-8(4-6-9)7-10(12)13/h8-10,12-13H,2-7H2,1H3. The second-order valence-corrected chi connectivity index (χ2v) is 4.19. The maximum atomic E-state index is 11.4. The van der Waals surface area contributed by atoms with E-state index >= 15 is 0 Å². The van der Waals surface area contributed by atoms with Gasteiger partial charge >= 0.3 is 5.97 Å². The van der Waals surface area contributed by atoms with E-state index in [1.54, 1.807) is 0 Å². The molecular weight excluding hydrogens is 196 g/mol. The molecule has 15 heavy (non-hydrogen) atoms. The fourth-order valence-electron chi connectivity index (χ4n) is 2.19. The number of esters is 1. The van der Waals surface area contributed by atoms with Gasteiger partial charge in [-0.1, -0.05) is 0 Å². The highest BCUT2D eigenvalue weighted by Gasteiger charge is 2.27. The number of carbonyl (C=O) groups is 1. The van der Waals surface area contributed by atoms with E-state index in [1.165, 1.54) is 0 Å². The molecule has 0 aromatic rings. The van der Waals surface area contributed by atoms with Gasteiger partial charge in [0.1, 0.15) is 0 Å². The van der Waals surface area contributed by atoms with Crippen LogP contribution in [0.2, 0.25) is 0 Å². The van der Waals surface area contributed by atoms with Crippen molar-refractivity contribution < 1.29 is 19.7 Å². The molecule has 88 valence electrons. The molecule has 1 rings (SSSR count). The largest absolute Gasteiger partial charge is 0.466 e. The number of aliphatic hydroxyl groups is 2. The highest BCUT2D eigenvalue weighted by atomic mass is 16.5. The summed E-state index contributed by atoms with van der Waals surface area (Å²) in [6.07, 6.45) is 2.62. The maximum absolute atomic E-state index is 11.4. The Morgan fingerprint density at radius 1 is 1.33 bits per heavy atom. The van der Waals surface area contributed by atoms with Crippen LogP contribution in [0.4, 0.5) is 0 Å². The molecule has 0 aromatic carbocycles. The first kappa shape index (κ1) is 12.5. The van der Waals surface area contributed by atoms with Gasteiger partial charge in [-0.3, -0.25) is 4.79 Å². The summed E-state index contributed by atoms with van der Waals surface area (Å²) in [7, 11) is 0. The van der Waals surface area contributed by atoms with Crippen LogP contribution in [0.1, 0.15) is 39.0 Å². The van der Waals surface area contributed by atoms with Gasteiger partial charge in [0.2, 0.25) is 0 Å². The second-order valence-electron chi connectivity index (χ2n) is 4.19. The molecule has 1 aliphatic rings. The van der Waals surface area contributed by atoms with Crippen molar-refractivity contribution in [2.24, 2.45) is 11.8 Å². The summed E-state index contributed by atoms with van der Waals surface area (Å²) in [6.45, 7) is 2.25. The molecule has 0 unspecified atom stereocenters. The van der Waals surface area contributed by atoms with E-state index in [9.17, 15) is 4.79 Å². The molecule has 4 nitrogen and oxygen atoms in total. The first-order valence-corrected chi connectivity index (χ1v) is 5.66. The molecule has 0 saturated heterocycles. The van der Waals surface area contributed by atoms with Crippen LogP contribution in [0.25, 0.3) is 0 Å². The lowest BCUT2D eigenvalue weighted by Crippen LogP contribution is -2.25. The molecule has 1 fully saturated rings. The van der Waals surface area contributed by atoms with Crippen LogP contribution < -0.4 is 0 Å². The number of rotatable bonds is 4. The molecule has 0 atom stereocenters. The summed E-state index contributed by atoms with van der Waals surface area (Å²) >= 11 is 0. The first-order valence-electron chi connectivity index (χ1n) is 5.66. The first-order chi connectivity index (χ1) is 7.13. The number of aliphatic hydroxyl groups excluding tert-OH is 1. The van der Waals surface area contributed by atoms with Crippen molar-refractivity contribution in [1.82, 2.24) is 0 Å². The second kappa shape index (κ2) is 6.08. The lowest BCUT2D eigenvalue weighted by Gasteiger charge is -2.27. The van der Waals surface area contributed by atoms with Crippen LogP contribution in [0.15, 0.2) is 0 Å². The van der Waals surface area contributed by atoms with Crippen molar-refractivity contribution >= 4 is 5.97 Å². The van der Waals surface area contributed by atoms with E-state index < -0.39 is 6.29 Å². The van der Waals surface area contributed by atoms with Crippen molar-refractivity contribution in [1.29, 1.82) is 0 Å². The Morgan fingerprint density at radius 3 is 2.40 bits per heavy atom. The molecule has 0 spiro atoms. The average Bonchev–Trinajstić information content (AvgIpc) is 2.18. The highest BCUT2D eigenvalue weighted by Crippen LogP contribution is 2.31. The van der Waals surface area contributed by atoms with E-state index in [0.717, 1.165) is 25.7 Å². The van der Waals surface area contributed by atoms with E-state index in [-0.39, 0.29) is 11.9 Å². The van der Waals surface area contributed by atoms with Crippen molar-refractivity contribution in [3.05, 3.63) is 0 Å². The summed E-state index contributed by atoms with van der Waals surface area (Å²) in [5.74, 6) is 0.271. The quantitative estimate of drug-likeness (QED) is 0.544. The van der Waals surface area contributed by atoms with Crippen LogP contribution in [-0.4, -0.2) is 29.1 Å². The van der Waals surface area contributed by atoms with Gasteiger partial charge in [0, 0.05) is 6.42 Å². The Kier molecular flexibility index (Phi) is 5.05. The van der Waals surface area contributed by atoms with E-state index in [2.05, 4.69) is 0 Å². The van der Waals surface area contributed by atoms with Crippen LogP contribution >= 0.6 is 0 Å². The van der Waals surface area contributed by atoms with Crippen LogP contribution in [-0.2, 0) is 9.53 Å². The Bertz CT molecular complexity index is 195. The van der Waals surface area contributed by atoms with Crippen molar-refractivity contribution in [3.8, 4) is 0 Å². The molecule has 0 radical (unpaired) electrons. The Morgan fingerprint density at radius 2 is 1.93 bits per heavy atom. The minimum Gasteiger partial charge on any atom is -0.466 e. The average molecular weight is 216 g/mol. The smallest absolute Gasteiger partial charge is 0.308 e. The zero-order valence-electron chi connectivity index (χ0n) is 9.19. The predicted octanol–water partition coefficient (Wildman–Crippen LogP) is 1.06. The van der Waals surface area contributed by atoms with Gasteiger partial charge in [-0.15, -0.1) is 0 Å². The molecular formula is C11H20O4. The number of hydrogen-bond acceptors (Lipinski definition) is 4. The number of ether oxygens (including phenoxy) is 1. The normalized spacial score (nSPS) is 26.7. The Balaban J connectivity index is 2.26. The third kappa shape index (κ3) is 4.18. The lowest BCUT2D eigenvalue weighted by atomic mass is 9.80. The molecule has 0 bridgehead atoms. The molecule has 2 N–H and O–H groups in total. The molecule has 0 heterocycles. The van der Waals surface area contributed by atoms with Crippen molar-refractivity contribution in [2.45, 2.75) is 45.3 Å².